The SMILES string of the molecule is CN(Cc1cc(-c2cnc([C@@H]3CCCN3C(=O)OC(C)(C)C)[nH]2)ccc1Br)C(=O)OC(C)(C)C. The van der Waals surface area contributed by atoms with Gasteiger partial charge in [0.05, 0.1) is 17.9 Å². The molecule has 9 heteroatoms. The maximum Gasteiger partial charge on any atom is 0.410 e. The van der Waals surface area contributed by atoms with Gasteiger partial charge in [0, 0.05) is 24.6 Å². The second-order valence-corrected chi connectivity index (χ2v) is 11.5. The van der Waals surface area contributed by atoms with Crippen molar-refractivity contribution in [3.05, 3.63) is 40.3 Å². The number of rotatable bonds is 4. The van der Waals surface area contributed by atoms with Crippen LogP contribution in [0.5, 0.6) is 0 Å². The second kappa shape index (κ2) is 9.98. The Morgan fingerprint density at radius 3 is 2.50 bits per heavy atom. The van der Waals surface area contributed by atoms with E-state index in [9.17, 15) is 9.59 Å². The van der Waals surface area contributed by atoms with E-state index in [1.54, 1.807) is 23.0 Å². The van der Waals surface area contributed by atoms with Crippen molar-refractivity contribution in [2.45, 2.75) is 78.2 Å². The molecule has 1 atom stereocenters. The quantitative estimate of drug-likeness (QED) is 0.498. The number of carbonyl (C=O) groups is 2. The Morgan fingerprint density at radius 1 is 1.18 bits per heavy atom. The van der Waals surface area contributed by atoms with Crippen LogP contribution >= 0.6 is 15.9 Å². The number of benzene rings is 1. The van der Waals surface area contributed by atoms with Gasteiger partial charge >= 0.3 is 12.2 Å². The monoisotopic (exact) mass is 534 g/mol. The molecule has 1 fully saturated rings. The number of aromatic amines is 1. The highest BCUT2D eigenvalue weighted by Crippen LogP contribution is 2.33. The number of nitrogens with one attached hydrogen (secondary N) is 1. The number of hydrogen-bond acceptors (Lipinski definition) is 5. The van der Waals surface area contributed by atoms with E-state index in [1.165, 1.54) is 0 Å². The maximum absolute atomic E-state index is 12.7. The van der Waals surface area contributed by atoms with Gasteiger partial charge in [0.25, 0.3) is 0 Å². The smallest absolute Gasteiger partial charge is 0.410 e. The zero-order valence-corrected chi connectivity index (χ0v) is 22.7. The normalized spacial score (nSPS) is 16.5. The summed E-state index contributed by atoms with van der Waals surface area (Å²) < 4.78 is 11.9. The molecule has 0 radical (unpaired) electrons. The first kappa shape index (κ1) is 26.1. The van der Waals surface area contributed by atoms with Gasteiger partial charge in [0.2, 0.25) is 0 Å². The Balaban J connectivity index is 1.76. The lowest BCUT2D eigenvalue weighted by molar-refractivity contribution is 0.0217. The number of ether oxygens (including phenoxy) is 2. The highest BCUT2D eigenvalue weighted by Gasteiger charge is 2.34. The molecule has 1 N–H and O–H groups in total. The molecule has 0 aliphatic carbocycles. The molecular weight excluding hydrogens is 500 g/mol. The molecule has 1 aromatic carbocycles. The van der Waals surface area contributed by atoms with Crippen molar-refractivity contribution in [3.8, 4) is 11.3 Å². The van der Waals surface area contributed by atoms with Crippen LogP contribution in [0.1, 0.15) is 71.8 Å². The van der Waals surface area contributed by atoms with Gasteiger partial charge < -0.3 is 19.4 Å². The van der Waals surface area contributed by atoms with Crippen molar-refractivity contribution in [2.24, 2.45) is 0 Å². The van der Waals surface area contributed by atoms with Gasteiger partial charge in [-0.05, 0) is 77.6 Å². The highest BCUT2D eigenvalue weighted by molar-refractivity contribution is 9.10. The number of likely N-dealkylation sites (tertiary alicyclic amines) is 1. The number of aromatic nitrogens is 2. The first-order valence-corrected chi connectivity index (χ1v) is 12.3. The van der Waals surface area contributed by atoms with Crippen LogP contribution in [0.2, 0.25) is 0 Å². The Labute approximate surface area is 210 Å². The molecule has 0 spiro atoms. The van der Waals surface area contributed by atoms with Gasteiger partial charge in [-0.15, -0.1) is 0 Å². The Morgan fingerprint density at radius 2 is 1.85 bits per heavy atom. The standard InChI is InChI=1S/C25H35BrN4O4/c1-24(2,3)33-22(31)29(7)15-17-13-16(10-11-18(17)26)19-14-27-21(28-19)20-9-8-12-30(20)23(32)34-25(4,5)6/h10-11,13-14,20H,8-9,12,15H2,1-7H3,(H,27,28)/t20-/m0/s1. The topological polar surface area (TPSA) is 87.8 Å². The third kappa shape index (κ3) is 6.74. The maximum atomic E-state index is 12.7. The lowest BCUT2D eigenvalue weighted by Gasteiger charge is -2.27. The number of carbonyl (C=O) groups excluding carboxylic acids is 2. The minimum Gasteiger partial charge on any atom is -0.444 e. The molecule has 1 aromatic heterocycles. The van der Waals surface area contributed by atoms with Crippen LogP contribution in [-0.4, -0.2) is 56.7 Å². The first-order valence-electron chi connectivity index (χ1n) is 11.5. The molecule has 1 saturated heterocycles. The predicted molar refractivity (Wildman–Crippen MR) is 134 cm³/mol. The highest BCUT2D eigenvalue weighted by atomic mass is 79.9. The molecule has 0 unspecified atom stereocenters. The van der Waals surface area contributed by atoms with Crippen molar-refractivity contribution in [2.75, 3.05) is 13.6 Å². The third-order valence-electron chi connectivity index (χ3n) is 5.26. The van der Waals surface area contributed by atoms with Gasteiger partial charge in [-0.2, -0.15) is 0 Å². The lowest BCUT2D eigenvalue weighted by atomic mass is 10.1. The van der Waals surface area contributed by atoms with Gasteiger partial charge in [-0.3, -0.25) is 4.90 Å². The molecule has 2 aromatic rings. The summed E-state index contributed by atoms with van der Waals surface area (Å²) in [7, 11) is 1.72. The second-order valence-electron chi connectivity index (χ2n) is 10.7. The van der Waals surface area contributed by atoms with Crippen molar-refractivity contribution in [3.63, 3.8) is 0 Å². The summed E-state index contributed by atoms with van der Waals surface area (Å²) in [6, 6.07) is 5.81. The van der Waals surface area contributed by atoms with Crippen LogP contribution < -0.4 is 0 Å². The summed E-state index contributed by atoms with van der Waals surface area (Å²) in [6.07, 6.45) is 2.82. The van der Waals surface area contributed by atoms with Gasteiger partial charge in [0.15, 0.2) is 0 Å². The molecule has 8 nitrogen and oxygen atoms in total. The molecule has 2 heterocycles. The Kier molecular flexibility index (Phi) is 7.65. The zero-order valence-electron chi connectivity index (χ0n) is 21.1. The fourth-order valence-corrected chi connectivity index (χ4v) is 4.14. The predicted octanol–water partition coefficient (Wildman–Crippen LogP) is 6.28. The minimum absolute atomic E-state index is 0.142. The summed E-state index contributed by atoms with van der Waals surface area (Å²) in [5.74, 6) is 0.744. The van der Waals surface area contributed by atoms with Gasteiger partial charge in [0.1, 0.15) is 17.0 Å². The molecule has 3 rings (SSSR count). The average Bonchev–Trinajstić information content (AvgIpc) is 3.36. The molecule has 34 heavy (non-hydrogen) atoms. The van der Waals surface area contributed by atoms with E-state index in [-0.39, 0.29) is 18.2 Å². The van der Waals surface area contributed by atoms with E-state index < -0.39 is 11.2 Å². The first-order chi connectivity index (χ1) is 15.7. The zero-order chi connectivity index (χ0) is 25.3. The van der Waals surface area contributed by atoms with E-state index in [0.29, 0.717) is 13.1 Å². The van der Waals surface area contributed by atoms with Crippen molar-refractivity contribution < 1.29 is 19.1 Å². The summed E-state index contributed by atoms with van der Waals surface area (Å²) in [5, 5.41) is 0. The van der Waals surface area contributed by atoms with Gasteiger partial charge in [-0.25, -0.2) is 14.6 Å². The fourth-order valence-electron chi connectivity index (χ4n) is 3.77. The largest absolute Gasteiger partial charge is 0.444 e. The molecular formula is C25H35BrN4O4. The lowest BCUT2D eigenvalue weighted by Crippen LogP contribution is -2.36. The van der Waals surface area contributed by atoms with E-state index in [1.807, 2.05) is 59.7 Å². The summed E-state index contributed by atoms with van der Waals surface area (Å²) >= 11 is 3.59. The van der Waals surface area contributed by atoms with E-state index in [4.69, 9.17) is 9.47 Å². The number of H-pyrrole nitrogens is 1. The van der Waals surface area contributed by atoms with Crippen LogP contribution in [0, 0.1) is 0 Å². The number of imidazole rings is 1. The molecule has 0 saturated carbocycles. The number of hydrogen-bond donors (Lipinski definition) is 1. The van der Waals surface area contributed by atoms with E-state index in [0.717, 1.165) is 40.0 Å². The molecule has 1 aliphatic rings. The molecule has 0 bridgehead atoms. The van der Waals surface area contributed by atoms with E-state index in [2.05, 4.69) is 25.9 Å². The molecule has 186 valence electrons. The molecule has 1 aliphatic heterocycles. The van der Waals surface area contributed by atoms with Crippen LogP contribution in [0.4, 0.5) is 9.59 Å². The summed E-state index contributed by atoms with van der Waals surface area (Å²) in [6.45, 7) is 12.2. The minimum atomic E-state index is -0.551. The summed E-state index contributed by atoms with van der Waals surface area (Å²) in [5.41, 5.74) is 1.64. The van der Waals surface area contributed by atoms with Crippen LogP contribution in [0.15, 0.2) is 28.9 Å². The van der Waals surface area contributed by atoms with Crippen molar-refractivity contribution in [1.29, 1.82) is 0 Å². The number of nitrogens with zero attached hydrogens (tertiary/aromatic N) is 3. The fraction of sp³-hybridized carbons (Fsp3) is 0.560. The van der Waals surface area contributed by atoms with Crippen LogP contribution in [0.25, 0.3) is 11.3 Å². The third-order valence-corrected chi connectivity index (χ3v) is 6.03. The Bertz CT molecular complexity index is 1040. The van der Waals surface area contributed by atoms with Crippen molar-refractivity contribution in [1.82, 2.24) is 19.8 Å². The van der Waals surface area contributed by atoms with Crippen LogP contribution in [-0.2, 0) is 16.0 Å². The van der Waals surface area contributed by atoms with Crippen molar-refractivity contribution >= 4 is 28.1 Å². The number of amides is 2. The van der Waals surface area contributed by atoms with E-state index >= 15 is 0 Å². The Hall–Kier alpha value is -2.55. The average molecular weight is 535 g/mol. The summed E-state index contributed by atoms with van der Waals surface area (Å²) in [4.78, 5) is 36.3. The molecule has 2 amide bonds. The van der Waals surface area contributed by atoms with Crippen LogP contribution in [0.3, 0.4) is 0 Å². The van der Waals surface area contributed by atoms with Gasteiger partial charge in [-0.1, -0.05) is 22.0 Å². The number of halogens is 1.